The Labute approximate surface area is 196 Å². The number of aliphatic carboxylic acids is 1. The number of fused-ring (bicyclic) bond motifs is 1. The molecule has 2 amide bonds. The molecule has 4 rings (SSSR count). The predicted molar refractivity (Wildman–Crippen MR) is 118 cm³/mol. The summed E-state index contributed by atoms with van der Waals surface area (Å²) in [5, 5.41) is 11.7. The Bertz CT molecular complexity index is 1120. The lowest BCUT2D eigenvalue weighted by molar-refractivity contribution is -0.180. The second kappa shape index (κ2) is 9.24. The average molecular weight is 490 g/mol. The van der Waals surface area contributed by atoms with Gasteiger partial charge in [-0.25, -0.2) is 4.79 Å². The van der Waals surface area contributed by atoms with Crippen LogP contribution in [0.2, 0.25) is 0 Å². The molecule has 1 saturated heterocycles. The molecule has 2 aromatic rings. The fourth-order valence-corrected chi connectivity index (χ4v) is 5.50. The first kappa shape index (κ1) is 22.8. The van der Waals surface area contributed by atoms with Crippen molar-refractivity contribution in [3.05, 3.63) is 58.2 Å². The zero-order chi connectivity index (χ0) is 23.6. The monoisotopic (exact) mass is 489 g/mol. The number of esters is 1. The largest absolute Gasteiger partial charge is 0.477 e. The van der Waals surface area contributed by atoms with Gasteiger partial charge in [0.05, 0.1) is 11.9 Å². The van der Waals surface area contributed by atoms with Gasteiger partial charge in [0.15, 0.2) is 5.37 Å². The summed E-state index contributed by atoms with van der Waals surface area (Å²) in [6.07, 6.45) is 1.56. The van der Waals surface area contributed by atoms with Crippen LogP contribution < -0.4 is 10.1 Å². The van der Waals surface area contributed by atoms with Crippen molar-refractivity contribution in [2.75, 3.05) is 12.4 Å². The molecule has 33 heavy (non-hydrogen) atoms. The van der Waals surface area contributed by atoms with E-state index in [0.717, 1.165) is 4.90 Å². The lowest BCUT2D eigenvalue weighted by Gasteiger charge is -2.55. The molecule has 0 bridgehead atoms. The number of hydrogen-bond donors (Lipinski definition) is 2. The van der Waals surface area contributed by atoms with E-state index in [9.17, 15) is 24.3 Å². The Morgan fingerprint density at radius 1 is 1.30 bits per heavy atom. The van der Waals surface area contributed by atoms with Gasteiger partial charge in [-0.2, -0.15) is 0 Å². The molecule has 10 nitrogen and oxygen atoms in total. The number of β-lactam (4-membered cyclic amide) rings is 1. The molecule has 2 atom stereocenters. The number of thiazole rings is 1. The van der Waals surface area contributed by atoms with Gasteiger partial charge in [-0.1, -0.05) is 18.2 Å². The van der Waals surface area contributed by atoms with E-state index in [1.165, 1.54) is 30.0 Å². The van der Waals surface area contributed by atoms with Crippen molar-refractivity contribution in [3.8, 4) is 5.75 Å². The summed E-state index contributed by atoms with van der Waals surface area (Å²) in [7, 11) is 0. The van der Waals surface area contributed by atoms with Crippen LogP contribution in [0.15, 0.2) is 53.3 Å². The molecule has 0 saturated carbocycles. The number of ether oxygens (including phenoxy) is 2. The Hall–Kier alpha value is -3.38. The summed E-state index contributed by atoms with van der Waals surface area (Å²) in [6.45, 7) is 0.969. The van der Waals surface area contributed by atoms with E-state index in [1.807, 2.05) is 0 Å². The summed E-state index contributed by atoms with van der Waals surface area (Å²) in [5.41, 5.74) is -0.173. The van der Waals surface area contributed by atoms with Crippen LogP contribution in [-0.2, 0) is 30.3 Å². The third-order valence-electron chi connectivity index (χ3n) is 4.93. The highest BCUT2D eigenvalue weighted by atomic mass is 32.2. The van der Waals surface area contributed by atoms with Gasteiger partial charge in [0, 0.05) is 29.3 Å². The van der Waals surface area contributed by atoms with E-state index in [4.69, 9.17) is 9.47 Å². The second-order valence-electron chi connectivity index (χ2n) is 7.22. The lowest BCUT2D eigenvalue weighted by atomic mass is 9.97. The van der Waals surface area contributed by atoms with E-state index >= 15 is 0 Å². The first-order valence-corrected chi connectivity index (χ1v) is 11.7. The molecular formula is C21H19N3O7S2. The number of nitrogens with one attached hydrogen (secondary N) is 1. The van der Waals surface area contributed by atoms with Gasteiger partial charge in [-0.05, 0) is 12.1 Å². The van der Waals surface area contributed by atoms with Crippen molar-refractivity contribution in [2.24, 2.45) is 0 Å². The average Bonchev–Trinajstić information content (AvgIpc) is 3.29. The number of carboxylic acids is 1. The molecule has 1 fully saturated rings. The smallest absolute Gasteiger partial charge is 0.352 e. The van der Waals surface area contributed by atoms with Gasteiger partial charge in [-0.15, -0.1) is 23.1 Å². The minimum Gasteiger partial charge on any atom is -0.477 e. The molecule has 0 radical (unpaired) electrons. The molecule has 1 aromatic carbocycles. The molecule has 172 valence electrons. The second-order valence-corrected chi connectivity index (χ2v) is 9.26. The van der Waals surface area contributed by atoms with E-state index in [0.29, 0.717) is 10.6 Å². The van der Waals surface area contributed by atoms with Gasteiger partial charge in [0.2, 0.25) is 5.91 Å². The SMILES string of the molecule is CC(=O)OCC1=C(C(=O)O)N2C(=O)C(NC(=O)Cc3cncs3)(Oc3ccccc3)[C@H]2SC1. The molecule has 0 spiro atoms. The molecule has 2 aliphatic heterocycles. The van der Waals surface area contributed by atoms with E-state index in [2.05, 4.69) is 10.3 Å². The first-order valence-electron chi connectivity index (χ1n) is 9.78. The Balaban J connectivity index is 1.65. The lowest BCUT2D eigenvalue weighted by Crippen LogP contribution is -2.82. The van der Waals surface area contributed by atoms with Crippen molar-refractivity contribution >= 4 is 46.9 Å². The maximum absolute atomic E-state index is 13.4. The van der Waals surface area contributed by atoms with Crippen LogP contribution in [0.3, 0.4) is 0 Å². The minimum atomic E-state index is -1.79. The molecular weight excluding hydrogens is 470 g/mol. The summed E-state index contributed by atoms with van der Waals surface area (Å²) in [5.74, 6) is -2.56. The normalized spacial score (nSPS) is 21.7. The number of nitrogens with zero attached hydrogens (tertiary/aromatic N) is 2. The zero-order valence-electron chi connectivity index (χ0n) is 17.3. The third kappa shape index (κ3) is 4.44. The minimum absolute atomic E-state index is 0.00540. The van der Waals surface area contributed by atoms with E-state index < -0.39 is 34.9 Å². The fraction of sp³-hybridized carbons (Fsp3) is 0.286. The third-order valence-corrected chi connectivity index (χ3v) is 7.08. The fourth-order valence-electron chi connectivity index (χ4n) is 3.54. The number of para-hydroxylation sites is 1. The predicted octanol–water partition coefficient (Wildman–Crippen LogP) is 1.39. The number of carbonyl (C=O) groups is 4. The number of rotatable bonds is 8. The molecule has 3 heterocycles. The number of carboxylic acid groups (broad SMARTS) is 1. The van der Waals surface area contributed by atoms with Gasteiger partial charge < -0.3 is 19.9 Å². The van der Waals surface area contributed by atoms with Crippen molar-refractivity contribution in [1.82, 2.24) is 15.2 Å². The summed E-state index contributed by atoms with van der Waals surface area (Å²) in [6, 6.07) is 8.49. The highest BCUT2D eigenvalue weighted by Crippen LogP contribution is 2.47. The zero-order valence-corrected chi connectivity index (χ0v) is 19.0. The Morgan fingerprint density at radius 2 is 2.06 bits per heavy atom. The molecule has 2 aliphatic rings. The highest BCUT2D eigenvalue weighted by molar-refractivity contribution is 8.00. The van der Waals surface area contributed by atoms with Gasteiger partial charge >= 0.3 is 11.9 Å². The first-order chi connectivity index (χ1) is 15.8. The number of aromatic nitrogens is 1. The topological polar surface area (TPSA) is 135 Å². The number of hydrogen-bond acceptors (Lipinski definition) is 9. The quantitative estimate of drug-likeness (QED) is 0.320. The Morgan fingerprint density at radius 3 is 2.70 bits per heavy atom. The molecule has 1 unspecified atom stereocenters. The molecule has 0 aliphatic carbocycles. The van der Waals surface area contributed by atoms with Crippen LogP contribution in [0.4, 0.5) is 0 Å². The van der Waals surface area contributed by atoms with Crippen LogP contribution in [0.25, 0.3) is 0 Å². The Kier molecular flexibility index (Phi) is 6.38. The molecule has 12 heteroatoms. The van der Waals surface area contributed by atoms with Crippen LogP contribution in [0.1, 0.15) is 11.8 Å². The maximum atomic E-state index is 13.4. The van der Waals surface area contributed by atoms with Crippen molar-refractivity contribution in [1.29, 1.82) is 0 Å². The van der Waals surface area contributed by atoms with Crippen molar-refractivity contribution < 1.29 is 33.8 Å². The molecule has 1 aromatic heterocycles. The van der Waals surface area contributed by atoms with Crippen LogP contribution in [-0.4, -0.2) is 62.2 Å². The van der Waals surface area contributed by atoms with Crippen LogP contribution in [0, 0.1) is 0 Å². The number of thioether (sulfide) groups is 1. The number of carbonyl (C=O) groups excluding carboxylic acids is 3. The van der Waals surface area contributed by atoms with E-state index in [1.54, 1.807) is 42.0 Å². The summed E-state index contributed by atoms with van der Waals surface area (Å²) < 4.78 is 11.0. The van der Waals surface area contributed by atoms with Gasteiger partial charge in [0.25, 0.3) is 11.6 Å². The maximum Gasteiger partial charge on any atom is 0.352 e. The number of benzene rings is 1. The highest BCUT2D eigenvalue weighted by Gasteiger charge is 2.68. The standard InChI is InChI=1S/C21H19N3O7S2/c1-12(25)30-9-13-10-32-20-21(31-14-5-3-2-4-6-14,19(29)24(20)17(13)18(27)28)23-16(26)7-15-8-22-11-33-15/h2-6,8,11,20H,7,9-10H2,1H3,(H,23,26)(H,27,28)/t20-,21?/m1/s1. The van der Waals surface area contributed by atoms with Gasteiger partial charge in [0.1, 0.15) is 18.1 Å². The molecule has 2 N–H and O–H groups in total. The summed E-state index contributed by atoms with van der Waals surface area (Å²) >= 11 is 2.52. The summed E-state index contributed by atoms with van der Waals surface area (Å²) in [4.78, 5) is 55.2. The van der Waals surface area contributed by atoms with Crippen molar-refractivity contribution in [2.45, 2.75) is 24.4 Å². The number of amides is 2. The van der Waals surface area contributed by atoms with Crippen LogP contribution in [0.5, 0.6) is 5.75 Å². The van der Waals surface area contributed by atoms with Crippen molar-refractivity contribution in [3.63, 3.8) is 0 Å². The van der Waals surface area contributed by atoms with Crippen LogP contribution >= 0.6 is 23.1 Å². The van der Waals surface area contributed by atoms with Gasteiger partial charge in [-0.3, -0.25) is 24.3 Å². The van der Waals surface area contributed by atoms with E-state index in [-0.39, 0.29) is 30.1 Å².